The second-order valence-electron chi connectivity index (χ2n) is 1.90. The van der Waals surface area contributed by atoms with Gasteiger partial charge in [0, 0.05) is 14.2 Å². The van der Waals surface area contributed by atoms with Crippen LogP contribution < -0.4 is 0 Å². The van der Waals surface area contributed by atoms with E-state index in [1.165, 1.54) is 0 Å². The van der Waals surface area contributed by atoms with Crippen molar-refractivity contribution in [3.8, 4) is 0 Å². The Hall–Kier alpha value is -0.520. The van der Waals surface area contributed by atoms with Gasteiger partial charge in [-0.2, -0.15) is 8.78 Å². The molecule has 0 saturated carbocycles. The Morgan fingerprint density at radius 2 is 1.62 bits per heavy atom. The fourth-order valence-electron chi connectivity index (χ4n) is 0.538. The first kappa shape index (κ1) is 12.5. The van der Waals surface area contributed by atoms with Gasteiger partial charge in [0.05, 0.1) is 7.11 Å². The summed E-state index contributed by atoms with van der Waals surface area (Å²) in [5, 5.41) is 0. The molecule has 0 atom stereocenters. The van der Waals surface area contributed by atoms with E-state index in [4.69, 9.17) is 0 Å². The summed E-state index contributed by atoms with van der Waals surface area (Å²) < 4.78 is 48.5. The van der Waals surface area contributed by atoms with Crippen molar-refractivity contribution in [3.05, 3.63) is 0 Å². The lowest BCUT2D eigenvalue weighted by atomic mass is 10.7. The lowest BCUT2D eigenvalue weighted by Crippen LogP contribution is -2.31. The number of methoxy groups -OCH3 is 1. The summed E-state index contributed by atoms with van der Waals surface area (Å²) in [7, 11) is -2.52. The Bertz CT molecular complexity index is 233. The molecule has 8 heteroatoms. The lowest BCUT2D eigenvalue weighted by molar-refractivity contribution is -0.159. The fourth-order valence-corrected chi connectivity index (χ4v) is 1.46. The number of carbonyl (C=O) groups is 1. The maximum absolute atomic E-state index is 12.9. The lowest BCUT2D eigenvalue weighted by Gasteiger charge is -2.20. The Balaban J connectivity index is 5.00. The van der Waals surface area contributed by atoms with Gasteiger partial charge in [0.1, 0.15) is 0 Å². The van der Waals surface area contributed by atoms with E-state index in [-0.39, 0.29) is 0 Å². The first-order valence-electron chi connectivity index (χ1n) is 3.03. The van der Waals surface area contributed by atoms with E-state index in [0.29, 0.717) is 0 Å². The van der Waals surface area contributed by atoms with Crippen LogP contribution in [-0.4, -0.2) is 33.0 Å². The van der Waals surface area contributed by atoms with Crippen molar-refractivity contribution in [1.82, 2.24) is 0 Å². The van der Waals surface area contributed by atoms with Crippen molar-refractivity contribution in [2.24, 2.45) is 0 Å². The van der Waals surface area contributed by atoms with Crippen molar-refractivity contribution >= 4 is 13.6 Å². The molecule has 0 fully saturated rings. The quantitative estimate of drug-likeness (QED) is 0.524. The third-order valence-corrected chi connectivity index (χ3v) is 3.09. The summed E-state index contributed by atoms with van der Waals surface area (Å²) in [4.78, 5) is 10.5. The summed E-state index contributed by atoms with van der Waals surface area (Å²) >= 11 is 0. The molecule has 0 radical (unpaired) electrons. The molecule has 5 nitrogen and oxygen atoms in total. The van der Waals surface area contributed by atoms with Crippen LogP contribution in [0.3, 0.4) is 0 Å². The molecule has 0 aromatic heterocycles. The summed E-state index contributed by atoms with van der Waals surface area (Å²) in [5.41, 5.74) is -4.29. The number of hydrogen-bond donors (Lipinski definition) is 0. The molecule has 0 aliphatic rings. The molecule has 0 aliphatic heterocycles. The number of rotatable bonds is 4. The van der Waals surface area contributed by atoms with Crippen LogP contribution in [0.4, 0.5) is 8.78 Å². The molecule has 0 rings (SSSR count). The smallest absolute Gasteiger partial charge is 0.440 e. The van der Waals surface area contributed by atoms with Gasteiger partial charge >= 0.3 is 19.2 Å². The molecule has 0 heterocycles. The largest absolute Gasteiger partial charge is 0.464 e. The molecule has 0 aliphatic carbocycles. The van der Waals surface area contributed by atoms with Crippen LogP contribution in [-0.2, 0) is 23.1 Å². The van der Waals surface area contributed by atoms with Crippen LogP contribution in [0.1, 0.15) is 0 Å². The van der Waals surface area contributed by atoms with Crippen LogP contribution >= 0.6 is 7.60 Å². The highest BCUT2D eigenvalue weighted by Crippen LogP contribution is 2.61. The Morgan fingerprint density at radius 3 is 1.85 bits per heavy atom. The molecule has 0 aromatic carbocycles. The minimum absolute atomic E-state index is 0.742. The number of esters is 1. The van der Waals surface area contributed by atoms with Gasteiger partial charge in [0.2, 0.25) is 0 Å². The standard InChI is InChI=1S/C5H9F2O5P/c1-10-4(8)5(6,7)13(9,11-2)12-3/h1-3H3. The van der Waals surface area contributed by atoms with Crippen molar-refractivity contribution in [1.29, 1.82) is 0 Å². The van der Waals surface area contributed by atoms with Crippen LogP contribution in [0.15, 0.2) is 0 Å². The first-order chi connectivity index (χ1) is 5.85. The van der Waals surface area contributed by atoms with Crippen LogP contribution in [0.5, 0.6) is 0 Å². The fraction of sp³-hybridized carbons (Fsp3) is 0.800. The number of hydrogen-bond acceptors (Lipinski definition) is 5. The van der Waals surface area contributed by atoms with Gasteiger partial charge in [-0.1, -0.05) is 0 Å². The van der Waals surface area contributed by atoms with E-state index >= 15 is 0 Å². The molecule has 13 heavy (non-hydrogen) atoms. The van der Waals surface area contributed by atoms with Crippen LogP contribution in [0.25, 0.3) is 0 Å². The van der Waals surface area contributed by atoms with Crippen molar-refractivity contribution in [3.63, 3.8) is 0 Å². The minimum atomic E-state index is -4.76. The molecule has 0 aromatic rings. The predicted octanol–water partition coefficient (Wildman–Crippen LogP) is 1.24. The van der Waals surface area contributed by atoms with E-state index in [9.17, 15) is 18.1 Å². The Morgan fingerprint density at radius 1 is 1.23 bits per heavy atom. The molecule has 0 amide bonds. The molecule has 78 valence electrons. The highest BCUT2D eigenvalue weighted by molar-refractivity contribution is 7.56. The SMILES string of the molecule is COC(=O)C(F)(F)P(=O)(OC)OC. The number of carbonyl (C=O) groups excluding carboxylic acids is 1. The van der Waals surface area contributed by atoms with E-state index in [1.807, 2.05) is 0 Å². The van der Waals surface area contributed by atoms with Gasteiger partial charge in [-0.15, -0.1) is 0 Å². The molecule has 0 spiro atoms. The predicted molar refractivity (Wildman–Crippen MR) is 38.6 cm³/mol. The third-order valence-electron chi connectivity index (χ3n) is 1.26. The van der Waals surface area contributed by atoms with E-state index in [1.54, 1.807) is 0 Å². The second kappa shape index (κ2) is 4.13. The van der Waals surface area contributed by atoms with Crippen molar-refractivity contribution < 1.29 is 31.9 Å². The van der Waals surface area contributed by atoms with Crippen LogP contribution in [0.2, 0.25) is 0 Å². The van der Waals surface area contributed by atoms with Gasteiger partial charge in [-0.25, -0.2) is 4.79 Å². The summed E-state index contributed by atoms with van der Waals surface area (Å²) in [5.74, 6) is -1.96. The molecule has 0 bridgehead atoms. The first-order valence-corrected chi connectivity index (χ1v) is 4.57. The Kier molecular flexibility index (Phi) is 3.96. The van der Waals surface area contributed by atoms with Crippen molar-refractivity contribution in [2.45, 2.75) is 5.66 Å². The van der Waals surface area contributed by atoms with E-state index < -0.39 is 19.2 Å². The average molecular weight is 218 g/mol. The normalized spacial score (nSPS) is 12.7. The summed E-state index contributed by atoms with van der Waals surface area (Å²) in [6.45, 7) is 0. The minimum Gasteiger partial charge on any atom is -0.464 e. The zero-order chi connectivity index (χ0) is 10.7. The molecule has 0 unspecified atom stereocenters. The average Bonchev–Trinajstić information content (AvgIpc) is 2.14. The van der Waals surface area contributed by atoms with Gasteiger partial charge in [0.25, 0.3) is 0 Å². The van der Waals surface area contributed by atoms with Gasteiger partial charge in [-0.3, -0.25) is 4.57 Å². The third kappa shape index (κ3) is 2.04. The highest BCUT2D eigenvalue weighted by atomic mass is 31.2. The Labute approximate surface area is 73.5 Å². The summed E-state index contributed by atoms with van der Waals surface area (Å²) in [6, 6.07) is 0. The second-order valence-corrected chi connectivity index (χ2v) is 4.18. The molecule has 0 saturated heterocycles. The van der Waals surface area contributed by atoms with Crippen LogP contribution in [0, 0.1) is 0 Å². The maximum Gasteiger partial charge on any atom is 0.440 e. The zero-order valence-corrected chi connectivity index (χ0v) is 8.14. The monoisotopic (exact) mass is 218 g/mol. The van der Waals surface area contributed by atoms with Gasteiger partial charge < -0.3 is 13.8 Å². The van der Waals surface area contributed by atoms with Gasteiger partial charge in [0.15, 0.2) is 0 Å². The topological polar surface area (TPSA) is 61.8 Å². The number of alkyl halides is 2. The molecule has 0 N–H and O–H groups in total. The highest BCUT2D eigenvalue weighted by Gasteiger charge is 2.60. The number of ether oxygens (including phenoxy) is 1. The van der Waals surface area contributed by atoms with Gasteiger partial charge in [-0.05, 0) is 0 Å². The molecular weight excluding hydrogens is 209 g/mol. The zero-order valence-electron chi connectivity index (χ0n) is 7.24. The van der Waals surface area contributed by atoms with E-state index in [0.717, 1.165) is 21.3 Å². The van der Waals surface area contributed by atoms with E-state index in [2.05, 4.69) is 13.8 Å². The van der Waals surface area contributed by atoms with Crippen molar-refractivity contribution in [2.75, 3.05) is 21.3 Å². The maximum atomic E-state index is 12.9. The number of halogens is 2. The molecular formula is C5H9F2O5P. The summed E-state index contributed by atoms with van der Waals surface area (Å²) in [6.07, 6.45) is 0.